The normalized spacial score (nSPS) is 14.9. The third-order valence-electron chi connectivity index (χ3n) is 3.36. The Hall–Kier alpha value is -1.71. The summed E-state index contributed by atoms with van der Waals surface area (Å²) in [7, 11) is 0. The molecule has 3 N–H and O–H groups in total. The van der Waals surface area contributed by atoms with Crippen molar-refractivity contribution in [1.82, 2.24) is 5.32 Å². The summed E-state index contributed by atoms with van der Waals surface area (Å²) < 4.78 is 5.45. The maximum atomic E-state index is 12.1. The van der Waals surface area contributed by atoms with Gasteiger partial charge in [-0.3, -0.25) is 4.79 Å². The quantitative estimate of drug-likeness (QED) is 0.785. The number of nitrogen functional groups attached to an aromatic ring is 1. The van der Waals surface area contributed by atoms with Crippen LogP contribution in [-0.2, 0) is 0 Å². The molecule has 0 unspecified atom stereocenters. The lowest BCUT2D eigenvalue weighted by Crippen LogP contribution is -2.32. The molecule has 4 nitrogen and oxygen atoms in total. The lowest BCUT2D eigenvalue weighted by molar-refractivity contribution is 0.0936. The summed E-state index contributed by atoms with van der Waals surface area (Å²) in [4.78, 5) is 12.1. The SMILES string of the molecule is CCOc1cccc(N)c1C(=O)NCC1CCC1. The summed E-state index contributed by atoms with van der Waals surface area (Å²) in [6.45, 7) is 3.14. The van der Waals surface area contributed by atoms with Gasteiger partial charge in [0.25, 0.3) is 5.91 Å². The van der Waals surface area contributed by atoms with E-state index < -0.39 is 0 Å². The van der Waals surface area contributed by atoms with Crippen LogP contribution in [0.1, 0.15) is 36.5 Å². The third-order valence-corrected chi connectivity index (χ3v) is 3.36. The number of hydrogen-bond acceptors (Lipinski definition) is 3. The highest BCUT2D eigenvalue weighted by Gasteiger charge is 2.20. The van der Waals surface area contributed by atoms with Gasteiger partial charge in [0.1, 0.15) is 11.3 Å². The van der Waals surface area contributed by atoms with E-state index in [1.807, 2.05) is 6.92 Å². The van der Waals surface area contributed by atoms with Gasteiger partial charge in [0.05, 0.1) is 6.61 Å². The molecular weight excluding hydrogens is 228 g/mol. The van der Waals surface area contributed by atoms with Gasteiger partial charge in [0.15, 0.2) is 0 Å². The number of anilines is 1. The van der Waals surface area contributed by atoms with Gasteiger partial charge < -0.3 is 15.8 Å². The summed E-state index contributed by atoms with van der Waals surface area (Å²) in [5.74, 6) is 1.06. The van der Waals surface area contributed by atoms with Crippen molar-refractivity contribution in [2.24, 2.45) is 5.92 Å². The predicted molar refractivity (Wildman–Crippen MR) is 71.7 cm³/mol. The first-order chi connectivity index (χ1) is 8.72. The lowest BCUT2D eigenvalue weighted by Gasteiger charge is -2.25. The van der Waals surface area contributed by atoms with Crippen molar-refractivity contribution in [1.29, 1.82) is 0 Å². The third kappa shape index (κ3) is 2.75. The summed E-state index contributed by atoms with van der Waals surface area (Å²) >= 11 is 0. The van der Waals surface area contributed by atoms with Crippen molar-refractivity contribution in [2.75, 3.05) is 18.9 Å². The Bertz CT molecular complexity index is 428. The van der Waals surface area contributed by atoms with Crippen molar-refractivity contribution in [3.8, 4) is 5.75 Å². The molecule has 1 aromatic carbocycles. The second-order valence-electron chi connectivity index (χ2n) is 4.66. The Morgan fingerprint density at radius 1 is 1.50 bits per heavy atom. The largest absolute Gasteiger partial charge is 0.493 e. The summed E-state index contributed by atoms with van der Waals surface area (Å²) in [6, 6.07) is 5.29. The number of carbonyl (C=O) groups is 1. The van der Waals surface area contributed by atoms with Gasteiger partial charge in [-0.15, -0.1) is 0 Å². The maximum Gasteiger partial charge on any atom is 0.257 e. The zero-order valence-corrected chi connectivity index (χ0v) is 10.7. The highest BCUT2D eigenvalue weighted by atomic mass is 16.5. The predicted octanol–water partition coefficient (Wildman–Crippen LogP) is 2.20. The van der Waals surface area contributed by atoms with Crippen molar-refractivity contribution in [3.05, 3.63) is 23.8 Å². The van der Waals surface area contributed by atoms with Crippen LogP contribution in [0.2, 0.25) is 0 Å². The first-order valence-corrected chi connectivity index (χ1v) is 6.52. The van der Waals surface area contributed by atoms with Crippen LogP contribution in [0, 0.1) is 5.92 Å². The minimum absolute atomic E-state index is 0.136. The molecule has 98 valence electrons. The van der Waals surface area contributed by atoms with Crippen LogP contribution in [0.15, 0.2) is 18.2 Å². The number of ether oxygens (including phenoxy) is 1. The standard InChI is InChI=1S/C14H20N2O2/c1-2-18-12-8-4-7-11(15)13(12)14(17)16-9-10-5-3-6-10/h4,7-8,10H,2-3,5-6,9,15H2,1H3,(H,16,17). The molecule has 0 aliphatic heterocycles. The molecule has 0 bridgehead atoms. The Kier molecular flexibility index (Phi) is 4.07. The summed E-state index contributed by atoms with van der Waals surface area (Å²) in [5, 5.41) is 2.94. The van der Waals surface area contributed by atoms with Crippen LogP contribution in [0.25, 0.3) is 0 Å². The molecule has 1 aliphatic carbocycles. The number of amides is 1. The molecule has 2 rings (SSSR count). The van der Waals surface area contributed by atoms with E-state index in [2.05, 4.69) is 5.32 Å². The average Bonchev–Trinajstić information content (AvgIpc) is 2.27. The second kappa shape index (κ2) is 5.76. The molecule has 1 saturated carbocycles. The second-order valence-corrected chi connectivity index (χ2v) is 4.66. The van der Waals surface area contributed by atoms with Crippen LogP contribution in [0.5, 0.6) is 5.75 Å². The summed E-state index contributed by atoms with van der Waals surface area (Å²) in [5.41, 5.74) is 6.79. The van der Waals surface area contributed by atoms with E-state index in [1.165, 1.54) is 19.3 Å². The molecular formula is C14H20N2O2. The van der Waals surface area contributed by atoms with E-state index in [0.29, 0.717) is 29.5 Å². The van der Waals surface area contributed by atoms with Crippen LogP contribution >= 0.6 is 0 Å². The number of hydrogen-bond donors (Lipinski definition) is 2. The van der Waals surface area contributed by atoms with Gasteiger partial charge in [0.2, 0.25) is 0 Å². The number of benzene rings is 1. The molecule has 0 radical (unpaired) electrons. The zero-order valence-electron chi connectivity index (χ0n) is 10.7. The van der Waals surface area contributed by atoms with Gasteiger partial charge in [0, 0.05) is 12.2 Å². The summed E-state index contributed by atoms with van der Waals surface area (Å²) in [6.07, 6.45) is 3.70. The van der Waals surface area contributed by atoms with Crippen LogP contribution in [-0.4, -0.2) is 19.1 Å². The highest BCUT2D eigenvalue weighted by molar-refractivity contribution is 6.01. The fourth-order valence-electron chi connectivity index (χ4n) is 2.09. The maximum absolute atomic E-state index is 12.1. The zero-order chi connectivity index (χ0) is 13.0. The number of rotatable bonds is 5. The smallest absolute Gasteiger partial charge is 0.257 e. The van der Waals surface area contributed by atoms with E-state index in [1.54, 1.807) is 18.2 Å². The molecule has 1 fully saturated rings. The van der Waals surface area contributed by atoms with Gasteiger partial charge in [-0.2, -0.15) is 0 Å². The van der Waals surface area contributed by atoms with Crippen molar-refractivity contribution in [3.63, 3.8) is 0 Å². The number of nitrogens with two attached hydrogens (primary N) is 1. The molecule has 0 atom stereocenters. The molecule has 1 aliphatic rings. The fraction of sp³-hybridized carbons (Fsp3) is 0.500. The monoisotopic (exact) mass is 248 g/mol. The minimum atomic E-state index is -0.136. The van der Waals surface area contributed by atoms with Crippen LogP contribution in [0.4, 0.5) is 5.69 Å². The minimum Gasteiger partial charge on any atom is -0.493 e. The topological polar surface area (TPSA) is 64.3 Å². The van der Waals surface area contributed by atoms with Crippen molar-refractivity contribution >= 4 is 11.6 Å². The van der Waals surface area contributed by atoms with E-state index >= 15 is 0 Å². The molecule has 1 aromatic rings. The molecule has 0 aromatic heterocycles. The molecule has 1 amide bonds. The molecule has 0 spiro atoms. The molecule has 0 saturated heterocycles. The first kappa shape index (κ1) is 12.7. The molecule has 18 heavy (non-hydrogen) atoms. The van der Waals surface area contributed by atoms with E-state index in [9.17, 15) is 4.79 Å². The van der Waals surface area contributed by atoms with Crippen molar-refractivity contribution < 1.29 is 9.53 Å². The number of carbonyl (C=O) groups excluding carboxylic acids is 1. The molecule has 4 heteroatoms. The van der Waals surface area contributed by atoms with Crippen molar-refractivity contribution in [2.45, 2.75) is 26.2 Å². The lowest BCUT2D eigenvalue weighted by atomic mass is 9.85. The first-order valence-electron chi connectivity index (χ1n) is 6.52. The average molecular weight is 248 g/mol. The number of nitrogens with one attached hydrogen (secondary N) is 1. The Morgan fingerprint density at radius 2 is 2.28 bits per heavy atom. The van der Waals surface area contributed by atoms with Gasteiger partial charge in [-0.05, 0) is 37.8 Å². The van der Waals surface area contributed by atoms with E-state index in [4.69, 9.17) is 10.5 Å². The van der Waals surface area contributed by atoms with Gasteiger partial charge >= 0.3 is 0 Å². The Labute approximate surface area is 108 Å². The van der Waals surface area contributed by atoms with E-state index in [0.717, 1.165) is 6.54 Å². The van der Waals surface area contributed by atoms with Gasteiger partial charge in [-0.1, -0.05) is 12.5 Å². The Balaban J connectivity index is 2.06. The highest BCUT2D eigenvalue weighted by Crippen LogP contribution is 2.27. The fourth-order valence-corrected chi connectivity index (χ4v) is 2.09. The van der Waals surface area contributed by atoms with Gasteiger partial charge in [-0.25, -0.2) is 0 Å². The van der Waals surface area contributed by atoms with Crippen LogP contribution in [0.3, 0.4) is 0 Å². The molecule has 0 heterocycles. The Morgan fingerprint density at radius 3 is 2.89 bits per heavy atom. The van der Waals surface area contributed by atoms with E-state index in [-0.39, 0.29) is 5.91 Å². The van der Waals surface area contributed by atoms with Crippen LogP contribution < -0.4 is 15.8 Å².